The van der Waals surface area contributed by atoms with E-state index in [0.29, 0.717) is 6.04 Å². The maximum absolute atomic E-state index is 4.76. The zero-order valence-corrected chi connectivity index (χ0v) is 13.9. The Hall–Kier alpha value is -1.32. The summed E-state index contributed by atoms with van der Waals surface area (Å²) in [6, 6.07) is 2.66. The highest BCUT2D eigenvalue weighted by molar-refractivity contribution is 5.44. The summed E-state index contributed by atoms with van der Waals surface area (Å²) in [5, 5.41) is 3.45. The average Bonchev–Trinajstić information content (AvgIpc) is 2.51. The molecule has 1 aromatic rings. The zero-order chi connectivity index (χ0) is 15.1. The largest absolute Gasteiger partial charge is 0.370 e. The van der Waals surface area contributed by atoms with E-state index < -0.39 is 0 Å². The van der Waals surface area contributed by atoms with Gasteiger partial charge in [-0.2, -0.15) is 4.98 Å². The van der Waals surface area contributed by atoms with Crippen molar-refractivity contribution in [3.05, 3.63) is 11.8 Å². The molecule has 2 rings (SSSR count). The van der Waals surface area contributed by atoms with Crippen LogP contribution in [0.1, 0.15) is 64.5 Å². The minimum absolute atomic E-state index is 0.605. The Morgan fingerprint density at radius 2 is 2.10 bits per heavy atom. The molecule has 0 aromatic carbocycles. The Morgan fingerprint density at radius 1 is 1.24 bits per heavy atom. The Bertz CT molecular complexity index is 433. The number of hydrogen-bond donors (Lipinski definition) is 1. The summed E-state index contributed by atoms with van der Waals surface area (Å²) in [5.41, 5.74) is 1.05. The number of anilines is 2. The Morgan fingerprint density at radius 3 is 2.86 bits per heavy atom. The molecular weight excluding hydrogens is 260 g/mol. The first-order valence-electron chi connectivity index (χ1n) is 8.60. The number of nitrogens with zero attached hydrogens (tertiary/aromatic N) is 3. The van der Waals surface area contributed by atoms with Crippen LogP contribution in [0.3, 0.4) is 0 Å². The van der Waals surface area contributed by atoms with Gasteiger partial charge in [-0.1, -0.05) is 26.7 Å². The van der Waals surface area contributed by atoms with Crippen molar-refractivity contribution in [3.63, 3.8) is 0 Å². The molecule has 1 aliphatic heterocycles. The number of rotatable bonds is 7. The number of unbranched alkanes of at least 4 members (excludes halogenated alkanes) is 2. The van der Waals surface area contributed by atoms with Crippen molar-refractivity contribution in [2.24, 2.45) is 0 Å². The molecule has 2 heterocycles. The van der Waals surface area contributed by atoms with E-state index in [4.69, 9.17) is 4.98 Å². The van der Waals surface area contributed by atoms with Crippen LogP contribution in [0.25, 0.3) is 0 Å². The van der Waals surface area contributed by atoms with Gasteiger partial charge in [0.1, 0.15) is 5.82 Å². The second-order valence-electron chi connectivity index (χ2n) is 6.08. The molecule has 0 bridgehead atoms. The van der Waals surface area contributed by atoms with Gasteiger partial charge in [-0.3, -0.25) is 0 Å². The molecule has 1 N–H and O–H groups in total. The summed E-state index contributed by atoms with van der Waals surface area (Å²) in [7, 11) is 0. The molecule has 4 heteroatoms. The van der Waals surface area contributed by atoms with Crippen LogP contribution in [0.5, 0.6) is 0 Å². The van der Waals surface area contributed by atoms with Crippen molar-refractivity contribution in [1.82, 2.24) is 9.97 Å². The third-order valence-electron chi connectivity index (χ3n) is 4.28. The Balaban J connectivity index is 2.06. The summed E-state index contributed by atoms with van der Waals surface area (Å²) >= 11 is 0. The van der Waals surface area contributed by atoms with Crippen molar-refractivity contribution < 1.29 is 0 Å². The number of nitrogens with one attached hydrogen (secondary N) is 1. The van der Waals surface area contributed by atoms with Crippen molar-refractivity contribution in [2.75, 3.05) is 23.3 Å². The minimum atomic E-state index is 0.605. The quantitative estimate of drug-likeness (QED) is 0.766. The van der Waals surface area contributed by atoms with E-state index in [2.05, 4.69) is 42.0 Å². The van der Waals surface area contributed by atoms with E-state index in [1.54, 1.807) is 0 Å². The van der Waals surface area contributed by atoms with E-state index >= 15 is 0 Å². The van der Waals surface area contributed by atoms with E-state index in [1.165, 1.54) is 44.9 Å². The maximum Gasteiger partial charge on any atom is 0.227 e. The standard InChI is InChI=1S/C17H30N4/c1-4-6-8-11-18-16-13-14(3)19-17(20-16)21-12-9-7-10-15(21)5-2/h13,15H,4-12H2,1-3H3,(H,18,19,20). The van der Waals surface area contributed by atoms with Gasteiger partial charge in [-0.25, -0.2) is 4.98 Å². The summed E-state index contributed by atoms with van der Waals surface area (Å²) in [4.78, 5) is 11.8. The first-order chi connectivity index (χ1) is 10.2. The van der Waals surface area contributed by atoms with Gasteiger partial charge in [-0.05, 0) is 39.0 Å². The zero-order valence-electron chi connectivity index (χ0n) is 13.9. The molecule has 21 heavy (non-hydrogen) atoms. The molecule has 0 aliphatic carbocycles. The Labute approximate surface area is 129 Å². The van der Waals surface area contributed by atoms with Crippen molar-refractivity contribution >= 4 is 11.8 Å². The first-order valence-corrected chi connectivity index (χ1v) is 8.60. The van der Waals surface area contributed by atoms with Crippen molar-refractivity contribution in [3.8, 4) is 0 Å². The fourth-order valence-corrected chi connectivity index (χ4v) is 3.05. The molecule has 1 atom stereocenters. The van der Waals surface area contributed by atoms with E-state index in [0.717, 1.165) is 30.5 Å². The second-order valence-corrected chi connectivity index (χ2v) is 6.08. The van der Waals surface area contributed by atoms with Crippen molar-refractivity contribution in [1.29, 1.82) is 0 Å². The number of hydrogen-bond acceptors (Lipinski definition) is 4. The minimum Gasteiger partial charge on any atom is -0.370 e. The summed E-state index contributed by atoms with van der Waals surface area (Å²) in [5.74, 6) is 1.90. The predicted molar refractivity (Wildman–Crippen MR) is 90.1 cm³/mol. The molecule has 0 spiro atoms. The number of piperidine rings is 1. The lowest BCUT2D eigenvalue weighted by molar-refractivity contribution is 0.443. The highest BCUT2D eigenvalue weighted by Gasteiger charge is 2.23. The van der Waals surface area contributed by atoms with Gasteiger partial charge < -0.3 is 10.2 Å². The highest BCUT2D eigenvalue weighted by Crippen LogP contribution is 2.25. The molecule has 0 amide bonds. The predicted octanol–water partition coefficient (Wildman–Crippen LogP) is 4.16. The van der Waals surface area contributed by atoms with Gasteiger partial charge >= 0.3 is 0 Å². The molecule has 1 unspecified atom stereocenters. The van der Waals surface area contributed by atoms with Crippen LogP contribution >= 0.6 is 0 Å². The van der Waals surface area contributed by atoms with Crippen LogP contribution in [-0.2, 0) is 0 Å². The normalized spacial score (nSPS) is 18.8. The molecule has 0 radical (unpaired) electrons. The third kappa shape index (κ3) is 4.58. The summed E-state index contributed by atoms with van der Waals surface area (Å²) < 4.78 is 0. The summed E-state index contributed by atoms with van der Waals surface area (Å²) in [6.45, 7) is 8.66. The molecule has 1 aromatic heterocycles. The van der Waals surface area contributed by atoms with E-state index in [9.17, 15) is 0 Å². The van der Waals surface area contributed by atoms with Gasteiger partial charge in [0.2, 0.25) is 5.95 Å². The summed E-state index contributed by atoms with van der Waals surface area (Å²) in [6.07, 6.45) is 8.77. The molecule has 1 saturated heterocycles. The molecular formula is C17H30N4. The molecule has 4 nitrogen and oxygen atoms in total. The van der Waals surface area contributed by atoms with E-state index in [1.807, 2.05) is 0 Å². The first kappa shape index (κ1) is 16.1. The molecule has 1 aliphatic rings. The van der Waals surface area contributed by atoms with Crippen molar-refractivity contribution in [2.45, 2.75) is 71.8 Å². The van der Waals surface area contributed by atoms with Crippen LogP contribution < -0.4 is 10.2 Å². The van der Waals surface area contributed by atoms with Gasteiger partial charge in [-0.15, -0.1) is 0 Å². The fraction of sp³-hybridized carbons (Fsp3) is 0.765. The van der Waals surface area contributed by atoms with Gasteiger partial charge in [0.15, 0.2) is 0 Å². The van der Waals surface area contributed by atoms with Crippen LogP contribution in [0.4, 0.5) is 11.8 Å². The lowest BCUT2D eigenvalue weighted by Gasteiger charge is -2.35. The number of aromatic nitrogens is 2. The SMILES string of the molecule is CCCCCNc1cc(C)nc(N2CCCCC2CC)n1. The van der Waals surface area contributed by atoms with Gasteiger partial charge in [0.25, 0.3) is 0 Å². The maximum atomic E-state index is 4.76. The van der Waals surface area contributed by atoms with Gasteiger partial charge in [0.05, 0.1) is 0 Å². The lowest BCUT2D eigenvalue weighted by Crippen LogP contribution is -2.40. The second kappa shape index (κ2) is 8.20. The van der Waals surface area contributed by atoms with Crippen LogP contribution in [0.15, 0.2) is 6.07 Å². The third-order valence-corrected chi connectivity index (χ3v) is 4.28. The van der Waals surface area contributed by atoms with Gasteiger partial charge in [0, 0.05) is 30.9 Å². The molecule has 118 valence electrons. The molecule has 1 fully saturated rings. The van der Waals surface area contributed by atoms with Crippen LogP contribution in [-0.4, -0.2) is 29.1 Å². The highest BCUT2D eigenvalue weighted by atomic mass is 15.3. The number of aryl methyl sites for hydroxylation is 1. The molecule has 0 saturated carbocycles. The lowest BCUT2D eigenvalue weighted by atomic mass is 10.0. The van der Waals surface area contributed by atoms with Crippen LogP contribution in [0.2, 0.25) is 0 Å². The van der Waals surface area contributed by atoms with Crippen LogP contribution in [0, 0.1) is 6.92 Å². The monoisotopic (exact) mass is 290 g/mol. The van der Waals surface area contributed by atoms with E-state index in [-0.39, 0.29) is 0 Å². The Kier molecular flexibility index (Phi) is 6.27. The smallest absolute Gasteiger partial charge is 0.227 e. The topological polar surface area (TPSA) is 41.1 Å². The average molecular weight is 290 g/mol. The fourth-order valence-electron chi connectivity index (χ4n) is 3.05.